The Hall–Kier alpha value is -0.780. The van der Waals surface area contributed by atoms with Gasteiger partial charge in [-0.15, -0.1) is 0 Å². The zero-order valence-electron chi connectivity index (χ0n) is 8.84. The molecular weight excluding hydrogens is 156 g/mol. The van der Waals surface area contributed by atoms with Gasteiger partial charge in [-0.25, -0.2) is 0 Å². The lowest BCUT2D eigenvalue weighted by Crippen LogP contribution is -1.74. The predicted molar refractivity (Wildman–Crippen MR) is 61.9 cm³/mol. The van der Waals surface area contributed by atoms with Crippen LogP contribution in [0.2, 0.25) is 0 Å². The third-order valence-corrected chi connectivity index (χ3v) is 1.92. The first-order valence-electron chi connectivity index (χ1n) is 5.34. The first kappa shape index (κ1) is 12.2. The van der Waals surface area contributed by atoms with Crippen LogP contribution in [0.3, 0.4) is 0 Å². The summed E-state index contributed by atoms with van der Waals surface area (Å²) in [4.78, 5) is 0. The molecule has 0 amide bonds. The van der Waals surface area contributed by atoms with Gasteiger partial charge in [0.05, 0.1) is 0 Å². The second kappa shape index (κ2) is 11.2. The molecule has 0 atom stereocenters. The first-order chi connectivity index (χ1) is 6.41. The monoisotopic (exact) mass is 178 g/mol. The summed E-state index contributed by atoms with van der Waals surface area (Å²) in [5.41, 5.74) is 0. The van der Waals surface area contributed by atoms with Crippen molar-refractivity contribution in [3.05, 3.63) is 37.0 Å². The van der Waals surface area contributed by atoms with Crippen LogP contribution in [0.5, 0.6) is 0 Å². The van der Waals surface area contributed by atoms with Crippen LogP contribution in [-0.4, -0.2) is 0 Å². The Balaban J connectivity index is 3.03. The smallest absolute Gasteiger partial charge is 0.0348 e. The molecule has 0 aliphatic heterocycles. The average Bonchev–Trinajstić information content (AvgIpc) is 2.16. The number of rotatable bonds is 8. The summed E-state index contributed by atoms with van der Waals surface area (Å²) < 4.78 is 0. The van der Waals surface area contributed by atoms with Gasteiger partial charge in [0.15, 0.2) is 0 Å². The standard InChI is InChI=1S/C13H22/c1-3-5-7-9-11-13-12-10-8-6-4-2/h3,5-8H,1,4,9-13H2,2H3. The molecule has 0 spiro atoms. The van der Waals surface area contributed by atoms with Crippen molar-refractivity contribution in [1.29, 1.82) is 0 Å². The maximum Gasteiger partial charge on any atom is -0.0348 e. The highest BCUT2D eigenvalue weighted by Gasteiger charge is 1.84. The van der Waals surface area contributed by atoms with Crippen molar-refractivity contribution in [3.63, 3.8) is 0 Å². The van der Waals surface area contributed by atoms with Gasteiger partial charge in [0.2, 0.25) is 0 Å². The van der Waals surface area contributed by atoms with Crippen LogP contribution in [0.4, 0.5) is 0 Å². The highest BCUT2D eigenvalue weighted by atomic mass is 13.9. The molecule has 0 nitrogen and oxygen atoms in total. The quantitative estimate of drug-likeness (QED) is 0.288. The summed E-state index contributed by atoms with van der Waals surface area (Å²) in [6, 6.07) is 0. The molecule has 0 radical (unpaired) electrons. The van der Waals surface area contributed by atoms with E-state index < -0.39 is 0 Å². The van der Waals surface area contributed by atoms with Gasteiger partial charge in [-0.05, 0) is 32.1 Å². The summed E-state index contributed by atoms with van der Waals surface area (Å²) in [7, 11) is 0. The first-order valence-corrected chi connectivity index (χ1v) is 5.34. The molecule has 0 aromatic heterocycles. The SMILES string of the molecule is C=CC=CCCCCCC=CCC. The zero-order valence-corrected chi connectivity index (χ0v) is 8.84. The molecule has 0 heterocycles. The fraction of sp³-hybridized carbons (Fsp3) is 0.538. The summed E-state index contributed by atoms with van der Waals surface area (Å²) in [5.74, 6) is 0. The van der Waals surface area contributed by atoms with E-state index in [4.69, 9.17) is 0 Å². The second-order valence-corrected chi connectivity index (χ2v) is 3.18. The lowest BCUT2D eigenvalue weighted by atomic mass is 10.1. The molecule has 0 aromatic rings. The van der Waals surface area contributed by atoms with E-state index in [9.17, 15) is 0 Å². The van der Waals surface area contributed by atoms with Crippen molar-refractivity contribution in [2.75, 3.05) is 0 Å². The topological polar surface area (TPSA) is 0 Å². The van der Waals surface area contributed by atoms with Crippen molar-refractivity contribution >= 4 is 0 Å². The molecule has 74 valence electrons. The van der Waals surface area contributed by atoms with Crippen molar-refractivity contribution in [2.24, 2.45) is 0 Å². The molecule has 0 saturated heterocycles. The largest absolute Gasteiger partial charge is 0.0991 e. The minimum Gasteiger partial charge on any atom is -0.0991 e. The normalized spacial score (nSPS) is 11.5. The molecule has 0 aliphatic carbocycles. The summed E-state index contributed by atoms with van der Waals surface area (Å²) in [6.07, 6.45) is 18.2. The molecule has 0 bridgehead atoms. The Kier molecular flexibility index (Phi) is 10.5. The van der Waals surface area contributed by atoms with Crippen LogP contribution in [0.15, 0.2) is 37.0 Å². The molecule has 0 fully saturated rings. The van der Waals surface area contributed by atoms with Gasteiger partial charge >= 0.3 is 0 Å². The molecule has 0 N–H and O–H groups in total. The van der Waals surface area contributed by atoms with Crippen LogP contribution >= 0.6 is 0 Å². The van der Waals surface area contributed by atoms with Crippen LogP contribution in [-0.2, 0) is 0 Å². The van der Waals surface area contributed by atoms with E-state index in [2.05, 4.69) is 31.7 Å². The van der Waals surface area contributed by atoms with E-state index in [1.807, 2.05) is 12.2 Å². The van der Waals surface area contributed by atoms with Crippen LogP contribution in [0, 0.1) is 0 Å². The summed E-state index contributed by atoms with van der Waals surface area (Å²) in [5, 5.41) is 0. The lowest BCUT2D eigenvalue weighted by molar-refractivity contribution is 0.695. The van der Waals surface area contributed by atoms with E-state index in [-0.39, 0.29) is 0 Å². The fourth-order valence-electron chi connectivity index (χ4n) is 1.18. The number of hydrogen-bond donors (Lipinski definition) is 0. The Morgan fingerprint density at radius 2 is 1.62 bits per heavy atom. The second-order valence-electron chi connectivity index (χ2n) is 3.18. The van der Waals surface area contributed by atoms with Gasteiger partial charge in [0, 0.05) is 0 Å². The molecule has 0 aliphatic rings. The molecule has 0 unspecified atom stereocenters. The minimum absolute atomic E-state index is 1.17. The highest BCUT2D eigenvalue weighted by Crippen LogP contribution is 2.04. The van der Waals surface area contributed by atoms with Gasteiger partial charge in [-0.1, -0.05) is 50.3 Å². The molecule has 0 rings (SSSR count). The van der Waals surface area contributed by atoms with Crippen LogP contribution < -0.4 is 0 Å². The maximum atomic E-state index is 3.63. The lowest BCUT2D eigenvalue weighted by Gasteiger charge is -1.94. The van der Waals surface area contributed by atoms with E-state index in [1.165, 1.54) is 38.5 Å². The van der Waals surface area contributed by atoms with E-state index in [1.54, 1.807) is 0 Å². The Morgan fingerprint density at radius 1 is 0.923 bits per heavy atom. The van der Waals surface area contributed by atoms with Gasteiger partial charge in [0.25, 0.3) is 0 Å². The Labute approximate surface area is 83.0 Å². The van der Waals surface area contributed by atoms with Crippen molar-refractivity contribution in [1.82, 2.24) is 0 Å². The number of hydrogen-bond acceptors (Lipinski definition) is 0. The molecular formula is C13H22. The Morgan fingerprint density at radius 3 is 2.23 bits per heavy atom. The zero-order chi connectivity index (χ0) is 9.78. The van der Waals surface area contributed by atoms with Crippen molar-refractivity contribution in [2.45, 2.75) is 45.4 Å². The molecule has 0 heteroatoms. The van der Waals surface area contributed by atoms with Crippen LogP contribution in [0.25, 0.3) is 0 Å². The average molecular weight is 178 g/mol. The maximum absolute atomic E-state index is 3.63. The van der Waals surface area contributed by atoms with Gasteiger partial charge in [0.1, 0.15) is 0 Å². The number of unbranched alkanes of at least 4 members (excludes halogenated alkanes) is 4. The predicted octanol–water partition coefficient (Wildman–Crippen LogP) is 4.65. The van der Waals surface area contributed by atoms with Crippen molar-refractivity contribution in [3.8, 4) is 0 Å². The number of allylic oxidation sites excluding steroid dienone is 5. The highest BCUT2D eigenvalue weighted by molar-refractivity contribution is 4.96. The minimum atomic E-state index is 1.17. The van der Waals surface area contributed by atoms with Gasteiger partial charge in [-0.2, -0.15) is 0 Å². The summed E-state index contributed by atoms with van der Waals surface area (Å²) in [6.45, 7) is 5.81. The van der Waals surface area contributed by atoms with Crippen LogP contribution in [0.1, 0.15) is 45.4 Å². The van der Waals surface area contributed by atoms with E-state index in [0.29, 0.717) is 0 Å². The third kappa shape index (κ3) is 11.2. The third-order valence-electron chi connectivity index (χ3n) is 1.92. The van der Waals surface area contributed by atoms with Crippen molar-refractivity contribution < 1.29 is 0 Å². The van der Waals surface area contributed by atoms with E-state index in [0.717, 1.165) is 0 Å². The van der Waals surface area contributed by atoms with Gasteiger partial charge in [-0.3, -0.25) is 0 Å². The molecule has 13 heavy (non-hydrogen) atoms. The molecule has 0 saturated carbocycles. The van der Waals surface area contributed by atoms with Gasteiger partial charge < -0.3 is 0 Å². The fourth-order valence-corrected chi connectivity index (χ4v) is 1.18. The molecule has 0 aromatic carbocycles. The van der Waals surface area contributed by atoms with E-state index >= 15 is 0 Å². The summed E-state index contributed by atoms with van der Waals surface area (Å²) >= 11 is 0. The Bertz CT molecular complexity index is 151.